The zero-order valence-corrected chi connectivity index (χ0v) is 16.5. The van der Waals surface area contributed by atoms with Gasteiger partial charge in [-0.25, -0.2) is 8.42 Å². The second-order valence-corrected chi connectivity index (χ2v) is 9.39. The van der Waals surface area contributed by atoms with Crippen molar-refractivity contribution < 1.29 is 17.9 Å². The summed E-state index contributed by atoms with van der Waals surface area (Å²) >= 11 is 0. The van der Waals surface area contributed by atoms with Crippen LogP contribution in [0.5, 0.6) is 0 Å². The summed E-state index contributed by atoms with van der Waals surface area (Å²) in [5, 5.41) is 0. The van der Waals surface area contributed by atoms with Crippen LogP contribution in [0.1, 0.15) is 50.4 Å². The lowest BCUT2D eigenvalue weighted by Gasteiger charge is -2.35. The highest BCUT2D eigenvalue weighted by Crippen LogP contribution is 2.24. The SMILES string of the molecule is CC1CN(S(=O)(=O)c2cccc(C(=O)N3CCCCC3C)c2)CC(C)O1. The number of carbonyl (C=O) groups is 1. The van der Waals surface area contributed by atoms with Crippen LogP contribution in [0.4, 0.5) is 0 Å². The van der Waals surface area contributed by atoms with Crippen LogP contribution in [0, 0.1) is 0 Å². The molecule has 0 radical (unpaired) electrons. The lowest BCUT2D eigenvalue weighted by Crippen LogP contribution is -2.48. The molecule has 26 heavy (non-hydrogen) atoms. The zero-order chi connectivity index (χ0) is 18.9. The Hall–Kier alpha value is -1.44. The topological polar surface area (TPSA) is 66.9 Å². The van der Waals surface area contributed by atoms with Gasteiger partial charge < -0.3 is 9.64 Å². The van der Waals surface area contributed by atoms with Crippen LogP contribution in [-0.4, -0.2) is 61.4 Å². The van der Waals surface area contributed by atoms with Gasteiger partial charge in [0.1, 0.15) is 0 Å². The van der Waals surface area contributed by atoms with E-state index < -0.39 is 10.0 Å². The fourth-order valence-corrected chi connectivity index (χ4v) is 5.47. The highest BCUT2D eigenvalue weighted by molar-refractivity contribution is 7.89. The molecule has 6 nitrogen and oxygen atoms in total. The molecule has 2 fully saturated rings. The number of amides is 1. The van der Waals surface area contributed by atoms with Gasteiger partial charge in [-0.2, -0.15) is 4.31 Å². The van der Waals surface area contributed by atoms with E-state index in [1.54, 1.807) is 18.2 Å². The molecule has 0 N–H and O–H groups in total. The van der Waals surface area contributed by atoms with E-state index in [0.717, 1.165) is 25.8 Å². The number of benzene rings is 1. The Morgan fingerprint density at radius 1 is 1.12 bits per heavy atom. The summed E-state index contributed by atoms with van der Waals surface area (Å²) in [7, 11) is -3.65. The second kappa shape index (κ2) is 7.66. The molecule has 0 saturated carbocycles. The minimum atomic E-state index is -3.65. The van der Waals surface area contributed by atoms with Crippen LogP contribution >= 0.6 is 0 Å². The molecule has 7 heteroatoms. The number of piperidine rings is 1. The lowest BCUT2D eigenvalue weighted by molar-refractivity contribution is -0.0440. The summed E-state index contributed by atoms with van der Waals surface area (Å²) in [4.78, 5) is 14.9. The molecule has 2 heterocycles. The first kappa shape index (κ1) is 19.3. The monoisotopic (exact) mass is 380 g/mol. The molecule has 0 bridgehead atoms. The van der Waals surface area contributed by atoms with Crippen LogP contribution in [0.3, 0.4) is 0 Å². The van der Waals surface area contributed by atoms with Gasteiger partial charge in [-0.15, -0.1) is 0 Å². The number of morpholine rings is 1. The minimum absolute atomic E-state index is 0.0852. The molecule has 2 saturated heterocycles. The van der Waals surface area contributed by atoms with Crippen molar-refractivity contribution in [2.75, 3.05) is 19.6 Å². The first-order valence-corrected chi connectivity index (χ1v) is 10.8. The van der Waals surface area contributed by atoms with Crippen LogP contribution in [0.15, 0.2) is 29.2 Å². The lowest BCUT2D eigenvalue weighted by atomic mass is 10.0. The van der Waals surface area contributed by atoms with Crippen molar-refractivity contribution in [2.24, 2.45) is 0 Å². The van der Waals surface area contributed by atoms with Gasteiger partial charge in [0.05, 0.1) is 17.1 Å². The number of hydrogen-bond acceptors (Lipinski definition) is 4. The molecule has 0 aromatic heterocycles. The molecule has 1 amide bonds. The van der Waals surface area contributed by atoms with Crippen LogP contribution in [0.25, 0.3) is 0 Å². The Balaban J connectivity index is 1.85. The van der Waals surface area contributed by atoms with E-state index in [1.807, 2.05) is 25.7 Å². The Morgan fingerprint density at radius 2 is 1.81 bits per heavy atom. The summed E-state index contributed by atoms with van der Waals surface area (Å²) in [5.74, 6) is -0.0852. The predicted molar refractivity (Wildman–Crippen MR) is 99.6 cm³/mol. The zero-order valence-electron chi connectivity index (χ0n) is 15.7. The largest absolute Gasteiger partial charge is 0.373 e. The molecule has 3 rings (SSSR count). The number of hydrogen-bond donors (Lipinski definition) is 0. The maximum Gasteiger partial charge on any atom is 0.254 e. The third-order valence-corrected chi connectivity index (χ3v) is 7.00. The molecule has 1 aromatic rings. The van der Waals surface area contributed by atoms with Crippen molar-refractivity contribution in [1.82, 2.24) is 9.21 Å². The van der Waals surface area contributed by atoms with E-state index in [4.69, 9.17) is 4.74 Å². The molecule has 2 aliphatic heterocycles. The van der Waals surface area contributed by atoms with Gasteiger partial charge in [-0.05, 0) is 58.2 Å². The van der Waals surface area contributed by atoms with Crippen LogP contribution in [0.2, 0.25) is 0 Å². The van der Waals surface area contributed by atoms with Crippen molar-refractivity contribution in [3.8, 4) is 0 Å². The Bertz CT molecular complexity index is 755. The van der Waals surface area contributed by atoms with Crippen molar-refractivity contribution in [3.63, 3.8) is 0 Å². The highest BCUT2D eigenvalue weighted by atomic mass is 32.2. The standard InChI is InChI=1S/C19H28N2O4S/c1-14-7-4-5-10-21(14)19(22)17-8-6-9-18(11-17)26(23,24)20-12-15(2)25-16(3)13-20/h6,8-9,11,14-16H,4-5,7,10,12-13H2,1-3H3. The fourth-order valence-electron chi connectivity index (χ4n) is 3.83. The molecule has 0 spiro atoms. The quantitative estimate of drug-likeness (QED) is 0.808. The summed E-state index contributed by atoms with van der Waals surface area (Å²) in [6, 6.07) is 6.63. The van der Waals surface area contributed by atoms with E-state index >= 15 is 0 Å². The smallest absolute Gasteiger partial charge is 0.254 e. The number of ether oxygens (including phenoxy) is 1. The van der Waals surface area contributed by atoms with E-state index in [2.05, 4.69) is 0 Å². The summed E-state index contributed by atoms with van der Waals surface area (Å²) in [5.41, 5.74) is 0.439. The van der Waals surface area contributed by atoms with Crippen molar-refractivity contribution in [3.05, 3.63) is 29.8 Å². The normalized spacial score (nSPS) is 28.1. The summed E-state index contributed by atoms with van der Waals surface area (Å²) < 4.78 is 33.2. The number of likely N-dealkylation sites (tertiary alicyclic amines) is 1. The molecule has 2 aliphatic rings. The summed E-state index contributed by atoms with van der Waals surface area (Å²) in [6.07, 6.45) is 2.83. The van der Waals surface area contributed by atoms with Gasteiger partial charge in [0.15, 0.2) is 0 Å². The Kier molecular flexibility index (Phi) is 5.69. The highest BCUT2D eigenvalue weighted by Gasteiger charge is 2.33. The predicted octanol–water partition coefficient (Wildman–Crippen LogP) is 2.50. The van der Waals surface area contributed by atoms with Crippen molar-refractivity contribution >= 4 is 15.9 Å². The first-order chi connectivity index (χ1) is 12.3. The van der Waals surface area contributed by atoms with Crippen LogP contribution < -0.4 is 0 Å². The van der Waals surface area contributed by atoms with Crippen molar-refractivity contribution in [1.29, 1.82) is 0 Å². The van der Waals surface area contributed by atoms with Crippen molar-refractivity contribution in [2.45, 2.75) is 63.2 Å². The Labute approximate surface area is 156 Å². The van der Waals surface area contributed by atoms with Gasteiger partial charge in [-0.3, -0.25) is 4.79 Å². The third kappa shape index (κ3) is 3.94. The first-order valence-electron chi connectivity index (χ1n) is 9.35. The van der Waals surface area contributed by atoms with E-state index in [0.29, 0.717) is 18.7 Å². The number of nitrogens with zero attached hydrogens (tertiary/aromatic N) is 2. The average molecular weight is 381 g/mol. The second-order valence-electron chi connectivity index (χ2n) is 7.45. The van der Waals surface area contributed by atoms with E-state index in [9.17, 15) is 13.2 Å². The third-order valence-electron chi connectivity index (χ3n) is 5.17. The molecule has 3 atom stereocenters. The number of sulfonamides is 1. The van der Waals surface area contributed by atoms with E-state index in [1.165, 1.54) is 10.4 Å². The van der Waals surface area contributed by atoms with Gasteiger partial charge in [0, 0.05) is 31.2 Å². The maximum absolute atomic E-state index is 13.0. The fraction of sp³-hybridized carbons (Fsp3) is 0.632. The average Bonchev–Trinajstić information content (AvgIpc) is 2.61. The van der Waals surface area contributed by atoms with Gasteiger partial charge in [-0.1, -0.05) is 6.07 Å². The van der Waals surface area contributed by atoms with Crippen LogP contribution in [-0.2, 0) is 14.8 Å². The summed E-state index contributed by atoms with van der Waals surface area (Å²) in [6.45, 7) is 7.18. The molecular formula is C19H28N2O4S. The molecule has 1 aromatic carbocycles. The Morgan fingerprint density at radius 3 is 2.46 bits per heavy atom. The van der Waals surface area contributed by atoms with E-state index in [-0.39, 0.29) is 29.1 Å². The molecule has 0 aliphatic carbocycles. The minimum Gasteiger partial charge on any atom is -0.373 e. The molecule has 144 valence electrons. The van der Waals surface area contributed by atoms with Gasteiger partial charge in [0.2, 0.25) is 10.0 Å². The maximum atomic E-state index is 13.0. The van der Waals surface area contributed by atoms with Gasteiger partial charge in [0.25, 0.3) is 5.91 Å². The molecular weight excluding hydrogens is 352 g/mol. The number of rotatable bonds is 3. The molecule has 3 unspecified atom stereocenters. The van der Waals surface area contributed by atoms with Gasteiger partial charge >= 0.3 is 0 Å². The number of carbonyl (C=O) groups excluding carboxylic acids is 1.